The molecule has 1 atom stereocenters. The highest BCUT2D eigenvalue weighted by Crippen LogP contribution is 2.18. The van der Waals surface area contributed by atoms with Gasteiger partial charge in [-0.3, -0.25) is 9.59 Å². The normalized spacial score (nSPS) is 12.4. The first-order valence-electron chi connectivity index (χ1n) is 9.21. The molecule has 2 aromatic carbocycles. The number of carbonyl (C=O) groups is 2. The van der Waals surface area contributed by atoms with Crippen LogP contribution in [-0.4, -0.2) is 38.6 Å². The molecular weight excluding hydrogens is 390 g/mol. The lowest BCUT2D eigenvalue weighted by atomic mass is 10.0. The van der Waals surface area contributed by atoms with E-state index in [1.165, 1.54) is 33.2 Å². The van der Waals surface area contributed by atoms with Crippen molar-refractivity contribution in [3.63, 3.8) is 0 Å². The van der Waals surface area contributed by atoms with Crippen molar-refractivity contribution >= 4 is 21.8 Å². The summed E-state index contributed by atoms with van der Waals surface area (Å²) in [7, 11) is -0.530. The number of sulfonamides is 1. The van der Waals surface area contributed by atoms with Crippen LogP contribution in [0.2, 0.25) is 0 Å². The van der Waals surface area contributed by atoms with Gasteiger partial charge in [-0.2, -0.15) is 0 Å². The maximum Gasteiger partial charge on any atom is 0.242 e. The van der Waals surface area contributed by atoms with Gasteiger partial charge in [-0.15, -0.1) is 0 Å². The van der Waals surface area contributed by atoms with E-state index in [0.29, 0.717) is 0 Å². The first-order chi connectivity index (χ1) is 13.6. The zero-order valence-electron chi connectivity index (χ0n) is 17.1. The van der Waals surface area contributed by atoms with Crippen molar-refractivity contribution in [3.05, 3.63) is 65.2 Å². The van der Waals surface area contributed by atoms with Crippen LogP contribution in [0.3, 0.4) is 0 Å². The lowest BCUT2D eigenvalue weighted by Gasteiger charge is -2.18. The van der Waals surface area contributed by atoms with Gasteiger partial charge in [0.25, 0.3) is 0 Å². The minimum Gasteiger partial charge on any atom is -0.352 e. The average molecular weight is 418 g/mol. The van der Waals surface area contributed by atoms with Gasteiger partial charge in [0, 0.05) is 27.6 Å². The van der Waals surface area contributed by atoms with Gasteiger partial charge in [-0.05, 0) is 30.2 Å². The maximum absolute atomic E-state index is 12.4. The molecule has 0 radical (unpaired) electrons. The molecule has 2 N–H and O–H groups in total. The maximum atomic E-state index is 12.4. The lowest BCUT2D eigenvalue weighted by molar-refractivity contribution is -0.122. The van der Waals surface area contributed by atoms with E-state index in [4.69, 9.17) is 0 Å². The Labute approximate surface area is 172 Å². The molecule has 7 nitrogen and oxygen atoms in total. The second kappa shape index (κ2) is 9.67. The van der Waals surface area contributed by atoms with E-state index in [1.54, 1.807) is 12.1 Å². The van der Waals surface area contributed by atoms with E-state index in [0.717, 1.165) is 21.0 Å². The van der Waals surface area contributed by atoms with Crippen molar-refractivity contribution in [3.8, 4) is 0 Å². The van der Waals surface area contributed by atoms with Gasteiger partial charge in [0.05, 0.1) is 17.4 Å². The van der Waals surface area contributed by atoms with Crippen molar-refractivity contribution in [2.45, 2.75) is 37.8 Å². The molecule has 0 heterocycles. The zero-order valence-corrected chi connectivity index (χ0v) is 17.9. The molecule has 29 heavy (non-hydrogen) atoms. The Morgan fingerprint density at radius 2 is 1.59 bits per heavy atom. The van der Waals surface area contributed by atoms with Crippen molar-refractivity contribution in [2.75, 3.05) is 14.1 Å². The van der Waals surface area contributed by atoms with E-state index >= 15 is 0 Å². The number of rotatable bonds is 8. The largest absolute Gasteiger partial charge is 0.352 e. The quantitative estimate of drug-likeness (QED) is 0.688. The van der Waals surface area contributed by atoms with Crippen molar-refractivity contribution in [2.24, 2.45) is 0 Å². The third-order valence-corrected chi connectivity index (χ3v) is 6.27. The molecule has 0 fully saturated rings. The van der Waals surface area contributed by atoms with E-state index in [1.807, 2.05) is 31.2 Å². The third kappa shape index (κ3) is 6.40. The molecule has 2 amide bonds. The fraction of sp³-hybridized carbons (Fsp3) is 0.333. The monoisotopic (exact) mass is 417 g/mol. The van der Waals surface area contributed by atoms with Gasteiger partial charge in [-0.25, -0.2) is 12.7 Å². The molecule has 0 aliphatic rings. The van der Waals surface area contributed by atoms with Crippen LogP contribution >= 0.6 is 0 Å². The minimum atomic E-state index is -3.48. The molecule has 2 aromatic rings. The van der Waals surface area contributed by atoms with Crippen LogP contribution in [0.15, 0.2) is 53.4 Å². The third-order valence-electron chi connectivity index (χ3n) is 4.44. The summed E-state index contributed by atoms with van der Waals surface area (Å²) in [6.45, 7) is 3.66. The number of nitrogens with zero attached hydrogens (tertiary/aromatic N) is 1. The van der Waals surface area contributed by atoms with E-state index in [-0.39, 0.29) is 29.7 Å². The Morgan fingerprint density at radius 3 is 2.10 bits per heavy atom. The second-order valence-electron chi connectivity index (χ2n) is 7.08. The number of carbonyl (C=O) groups excluding carboxylic acids is 2. The summed E-state index contributed by atoms with van der Waals surface area (Å²) in [5.41, 5.74) is 2.74. The summed E-state index contributed by atoms with van der Waals surface area (Å²) < 4.78 is 25.3. The van der Waals surface area contributed by atoms with E-state index in [9.17, 15) is 18.0 Å². The fourth-order valence-electron chi connectivity index (χ4n) is 2.74. The highest BCUT2D eigenvalue weighted by atomic mass is 32.2. The predicted molar refractivity (Wildman–Crippen MR) is 112 cm³/mol. The van der Waals surface area contributed by atoms with Gasteiger partial charge in [0.15, 0.2) is 0 Å². The predicted octanol–water partition coefficient (Wildman–Crippen LogP) is 2.13. The topological polar surface area (TPSA) is 95.6 Å². The van der Waals surface area contributed by atoms with Crippen LogP contribution in [0.4, 0.5) is 0 Å². The summed E-state index contributed by atoms with van der Waals surface area (Å²) in [5, 5.41) is 5.62. The number of hydrogen-bond acceptors (Lipinski definition) is 4. The Morgan fingerprint density at radius 1 is 1.00 bits per heavy atom. The molecule has 0 bridgehead atoms. The average Bonchev–Trinajstić information content (AvgIpc) is 2.66. The minimum absolute atomic E-state index is 0.107. The smallest absolute Gasteiger partial charge is 0.242 e. The summed E-state index contributed by atoms with van der Waals surface area (Å²) in [5.74, 6) is -0.421. The molecule has 156 valence electrons. The van der Waals surface area contributed by atoms with Crippen molar-refractivity contribution in [1.82, 2.24) is 14.9 Å². The molecule has 0 aliphatic heterocycles. The van der Waals surface area contributed by atoms with Crippen molar-refractivity contribution in [1.29, 1.82) is 0 Å². The van der Waals surface area contributed by atoms with Gasteiger partial charge >= 0.3 is 0 Å². The van der Waals surface area contributed by atoms with Gasteiger partial charge in [-0.1, -0.05) is 42.0 Å². The molecular formula is C21H27N3O4S. The Hall–Kier alpha value is -2.71. The summed E-state index contributed by atoms with van der Waals surface area (Å²) >= 11 is 0. The summed E-state index contributed by atoms with van der Waals surface area (Å²) in [6.07, 6.45) is 0.107. The van der Waals surface area contributed by atoms with E-state index in [2.05, 4.69) is 10.6 Å². The first-order valence-corrected chi connectivity index (χ1v) is 10.7. The van der Waals surface area contributed by atoms with Crippen LogP contribution in [-0.2, 0) is 26.2 Å². The Bertz CT molecular complexity index is 952. The highest BCUT2D eigenvalue weighted by Gasteiger charge is 2.18. The standard InChI is InChI=1S/C21H27N3O4S/c1-15-5-9-18(10-6-15)20(23-16(2)25)13-21(26)22-14-17-7-11-19(12-8-17)29(27,28)24(3)4/h5-12,20H,13-14H2,1-4H3,(H,22,26)(H,23,25). The molecule has 0 saturated carbocycles. The number of hydrogen-bond donors (Lipinski definition) is 2. The van der Waals surface area contributed by atoms with Crippen LogP contribution in [0.5, 0.6) is 0 Å². The van der Waals surface area contributed by atoms with Crippen LogP contribution in [0, 0.1) is 6.92 Å². The number of aryl methyl sites for hydroxylation is 1. The molecule has 0 saturated heterocycles. The van der Waals surface area contributed by atoms with Gasteiger partial charge in [0.2, 0.25) is 21.8 Å². The molecule has 1 unspecified atom stereocenters. The molecule has 8 heteroatoms. The molecule has 0 spiro atoms. The Balaban J connectivity index is 2.00. The van der Waals surface area contributed by atoms with Gasteiger partial charge in [0.1, 0.15) is 0 Å². The highest BCUT2D eigenvalue weighted by molar-refractivity contribution is 7.89. The van der Waals surface area contributed by atoms with Crippen LogP contribution in [0.1, 0.15) is 36.1 Å². The molecule has 0 aromatic heterocycles. The van der Waals surface area contributed by atoms with Crippen molar-refractivity contribution < 1.29 is 18.0 Å². The number of nitrogens with one attached hydrogen (secondary N) is 2. The first kappa shape index (κ1) is 22.6. The lowest BCUT2D eigenvalue weighted by Crippen LogP contribution is -2.32. The zero-order chi connectivity index (χ0) is 21.6. The Kier molecular flexibility index (Phi) is 7.53. The van der Waals surface area contributed by atoms with Crippen LogP contribution in [0.25, 0.3) is 0 Å². The summed E-state index contributed by atoms with van der Waals surface area (Å²) in [4.78, 5) is 24.1. The second-order valence-corrected chi connectivity index (χ2v) is 9.23. The number of benzene rings is 2. The SMILES string of the molecule is CC(=O)NC(CC(=O)NCc1ccc(S(=O)(=O)N(C)C)cc1)c1ccc(C)cc1. The molecule has 0 aliphatic carbocycles. The summed E-state index contributed by atoms with van der Waals surface area (Å²) in [6, 6.07) is 13.6. The van der Waals surface area contributed by atoms with Gasteiger partial charge < -0.3 is 10.6 Å². The number of amides is 2. The molecule has 2 rings (SSSR count). The van der Waals surface area contributed by atoms with Crippen LogP contribution < -0.4 is 10.6 Å². The van der Waals surface area contributed by atoms with E-state index < -0.39 is 16.1 Å². The fourth-order valence-corrected chi connectivity index (χ4v) is 3.65.